The summed E-state index contributed by atoms with van der Waals surface area (Å²) < 4.78 is 5.13. The van der Waals surface area contributed by atoms with Crippen LogP contribution in [0.4, 0.5) is 5.69 Å². The van der Waals surface area contributed by atoms with E-state index in [0.29, 0.717) is 12.3 Å². The van der Waals surface area contributed by atoms with Crippen LogP contribution >= 0.6 is 0 Å². The number of hydrogen-bond donors (Lipinski definition) is 2. The van der Waals surface area contributed by atoms with Crippen molar-refractivity contribution in [1.29, 1.82) is 0 Å². The fourth-order valence-corrected chi connectivity index (χ4v) is 2.43. The first-order valence-electron chi connectivity index (χ1n) is 6.92. The molecule has 0 saturated carbocycles. The third kappa shape index (κ3) is 4.56. The molecule has 1 heterocycles. The van der Waals surface area contributed by atoms with Gasteiger partial charge in [-0.05, 0) is 50.4 Å². The SMILES string of the molecule is COc1cccc(NC(=O)CCC2CCNCC2)c1. The number of amides is 1. The van der Waals surface area contributed by atoms with E-state index in [9.17, 15) is 4.79 Å². The maximum Gasteiger partial charge on any atom is 0.224 e. The van der Waals surface area contributed by atoms with Gasteiger partial charge in [-0.15, -0.1) is 0 Å². The highest BCUT2D eigenvalue weighted by Gasteiger charge is 2.14. The fraction of sp³-hybridized carbons (Fsp3) is 0.533. The van der Waals surface area contributed by atoms with Gasteiger partial charge in [0.15, 0.2) is 0 Å². The number of benzene rings is 1. The maximum absolute atomic E-state index is 11.9. The minimum atomic E-state index is 0.0896. The van der Waals surface area contributed by atoms with Crippen molar-refractivity contribution >= 4 is 11.6 Å². The first kappa shape index (κ1) is 13.9. The number of hydrogen-bond acceptors (Lipinski definition) is 3. The van der Waals surface area contributed by atoms with Crippen molar-refractivity contribution in [1.82, 2.24) is 5.32 Å². The summed E-state index contributed by atoms with van der Waals surface area (Å²) >= 11 is 0. The van der Waals surface area contributed by atoms with Gasteiger partial charge in [0.05, 0.1) is 7.11 Å². The molecule has 19 heavy (non-hydrogen) atoms. The lowest BCUT2D eigenvalue weighted by Crippen LogP contribution is -2.28. The zero-order valence-electron chi connectivity index (χ0n) is 11.4. The molecule has 0 aromatic heterocycles. The molecule has 1 amide bonds. The fourth-order valence-electron chi connectivity index (χ4n) is 2.43. The number of carbonyl (C=O) groups is 1. The van der Waals surface area contributed by atoms with E-state index in [4.69, 9.17) is 4.74 Å². The standard InChI is InChI=1S/C15H22N2O2/c1-19-14-4-2-3-13(11-14)17-15(18)6-5-12-7-9-16-10-8-12/h2-4,11-12,16H,5-10H2,1H3,(H,17,18). The molecule has 0 radical (unpaired) electrons. The molecule has 0 unspecified atom stereocenters. The zero-order chi connectivity index (χ0) is 13.5. The molecule has 0 atom stereocenters. The Hall–Kier alpha value is -1.55. The lowest BCUT2D eigenvalue weighted by atomic mass is 9.93. The minimum Gasteiger partial charge on any atom is -0.497 e. The van der Waals surface area contributed by atoms with Crippen LogP contribution in [0.2, 0.25) is 0 Å². The monoisotopic (exact) mass is 262 g/mol. The van der Waals surface area contributed by atoms with E-state index in [0.717, 1.165) is 30.9 Å². The Morgan fingerprint density at radius 3 is 2.95 bits per heavy atom. The molecule has 1 aliphatic heterocycles. The predicted molar refractivity (Wildman–Crippen MR) is 76.5 cm³/mol. The van der Waals surface area contributed by atoms with Crippen molar-refractivity contribution in [3.63, 3.8) is 0 Å². The van der Waals surface area contributed by atoms with E-state index in [-0.39, 0.29) is 5.91 Å². The van der Waals surface area contributed by atoms with Crippen molar-refractivity contribution < 1.29 is 9.53 Å². The highest BCUT2D eigenvalue weighted by molar-refractivity contribution is 5.90. The molecule has 1 aromatic rings. The van der Waals surface area contributed by atoms with Crippen molar-refractivity contribution in [2.75, 3.05) is 25.5 Å². The van der Waals surface area contributed by atoms with Gasteiger partial charge in [0.25, 0.3) is 0 Å². The van der Waals surface area contributed by atoms with E-state index >= 15 is 0 Å². The number of rotatable bonds is 5. The molecule has 4 heteroatoms. The van der Waals surface area contributed by atoms with E-state index in [1.807, 2.05) is 24.3 Å². The smallest absolute Gasteiger partial charge is 0.224 e. The van der Waals surface area contributed by atoms with Crippen LogP contribution in [0.15, 0.2) is 24.3 Å². The van der Waals surface area contributed by atoms with Gasteiger partial charge < -0.3 is 15.4 Å². The lowest BCUT2D eigenvalue weighted by molar-refractivity contribution is -0.116. The van der Waals surface area contributed by atoms with Gasteiger partial charge in [0.2, 0.25) is 5.91 Å². The Bertz CT molecular complexity index is 414. The van der Waals surface area contributed by atoms with Crippen LogP contribution < -0.4 is 15.4 Å². The molecule has 4 nitrogen and oxygen atoms in total. The summed E-state index contributed by atoms with van der Waals surface area (Å²) in [7, 11) is 1.62. The molecule has 1 fully saturated rings. The summed E-state index contributed by atoms with van der Waals surface area (Å²) in [5.74, 6) is 1.54. The molecular formula is C15H22N2O2. The van der Waals surface area contributed by atoms with E-state index in [2.05, 4.69) is 10.6 Å². The number of anilines is 1. The van der Waals surface area contributed by atoms with E-state index < -0.39 is 0 Å². The van der Waals surface area contributed by atoms with E-state index in [1.54, 1.807) is 7.11 Å². The Morgan fingerprint density at radius 2 is 2.21 bits per heavy atom. The summed E-state index contributed by atoms with van der Waals surface area (Å²) in [5, 5.41) is 6.26. The van der Waals surface area contributed by atoms with Gasteiger partial charge in [-0.3, -0.25) is 4.79 Å². The largest absolute Gasteiger partial charge is 0.497 e. The molecule has 0 aliphatic carbocycles. The zero-order valence-corrected chi connectivity index (χ0v) is 11.4. The molecule has 104 valence electrons. The van der Waals surface area contributed by atoms with Crippen LogP contribution in [0.5, 0.6) is 5.75 Å². The predicted octanol–water partition coefficient (Wildman–Crippen LogP) is 2.41. The molecule has 1 aliphatic rings. The van der Waals surface area contributed by atoms with Crippen molar-refractivity contribution in [3.05, 3.63) is 24.3 Å². The third-order valence-electron chi connectivity index (χ3n) is 3.59. The quantitative estimate of drug-likeness (QED) is 0.856. The second-order valence-corrected chi connectivity index (χ2v) is 5.01. The number of piperidine rings is 1. The van der Waals surface area contributed by atoms with Crippen molar-refractivity contribution in [2.24, 2.45) is 5.92 Å². The number of nitrogens with one attached hydrogen (secondary N) is 2. The molecule has 1 aromatic carbocycles. The summed E-state index contributed by atoms with van der Waals surface area (Å²) in [4.78, 5) is 11.9. The molecule has 0 spiro atoms. The first-order valence-corrected chi connectivity index (χ1v) is 6.92. The second-order valence-electron chi connectivity index (χ2n) is 5.01. The van der Waals surface area contributed by atoms with Crippen LogP contribution in [0.1, 0.15) is 25.7 Å². The Morgan fingerprint density at radius 1 is 1.42 bits per heavy atom. The summed E-state index contributed by atoms with van der Waals surface area (Å²) in [6.07, 6.45) is 3.96. The molecule has 1 saturated heterocycles. The maximum atomic E-state index is 11.9. The normalized spacial score (nSPS) is 16.1. The van der Waals surface area contributed by atoms with Crippen molar-refractivity contribution in [3.8, 4) is 5.75 Å². The Labute approximate surface area is 114 Å². The average Bonchev–Trinajstić information content (AvgIpc) is 2.46. The van der Waals surface area contributed by atoms with Crippen LogP contribution in [0, 0.1) is 5.92 Å². The summed E-state index contributed by atoms with van der Waals surface area (Å²) in [6, 6.07) is 7.46. The molecular weight excluding hydrogens is 240 g/mol. The first-order chi connectivity index (χ1) is 9.28. The van der Waals surface area contributed by atoms with Crippen LogP contribution in [-0.2, 0) is 4.79 Å². The number of methoxy groups -OCH3 is 1. The van der Waals surface area contributed by atoms with Crippen LogP contribution in [-0.4, -0.2) is 26.1 Å². The van der Waals surface area contributed by atoms with Gasteiger partial charge in [0, 0.05) is 18.2 Å². The Balaban J connectivity index is 1.76. The van der Waals surface area contributed by atoms with Gasteiger partial charge in [-0.1, -0.05) is 6.07 Å². The number of carbonyl (C=O) groups excluding carboxylic acids is 1. The summed E-state index contributed by atoms with van der Waals surface area (Å²) in [5.41, 5.74) is 0.801. The van der Waals surface area contributed by atoms with Gasteiger partial charge in [-0.25, -0.2) is 0 Å². The molecule has 2 N–H and O–H groups in total. The topological polar surface area (TPSA) is 50.4 Å². The van der Waals surface area contributed by atoms with Crippen molar-refractivity contribution in [2.45, 2.75) is 25.7 Å². The number of ether oxygens (including phenoxy) is 1. The molecule has 0 bridgehead atoms. The van der Waals surface area contributed by atoms with Crippen LogP contribution in [0.25, 0.3) is 0 Å². The lowest BCUT2D eigenvalue weighted by Gasteiger charge is -2.22. The highest BCUT2D eigenvalue weighted by Crippen LogP contribution is 2.20. The summed E-state index contributed by atoms with van der Waals surface area (Å²) in [6.45, 7) is 2.17. The Kier molecular flexibility index (Phi) is 5.21. The van der Waals surface area contributed by atoms with Gasteiger partial charge in [-0.2, -0.15) is 0 Å². The third-order valence-corrected chi connectivity index (χ3v) is 3.59. The average molecular weight is 262 g/mol. The van der Waals surface area contributed by atoms with E-state index in [1.165, 1.54) is 12.8 Å². The van der Waals surface area contributed by atoms with Gasteiger partial charge >= 0.3 is 0 Å². The van der Waals surface area contributed by atoms with Gasteiger partial charge in [0.1, 0.15) is 5.75 Å². The van der Waals surface area contributed by atoms with Crippen LogP contribution in [0.3, 0.4) is 0 Å². The molecule has 2 rings (SSSR count). The second kappa shape index (κ2) is 7.14. The minimum absolute atomic E-state index is 0.0896. The highest BCUT2D eigenvalue weighted by atomic mass is 16.5.